The second-order valence-electron chi connectivity index (χ2n) is 3.92. The second kappa shape index (κ2) is 5.00. The Morgan fingerprint density at radius 3 is 3.00 bits per heavy atom. The Labute approximate surface area is 108 Å². The first kappa shape index (κ1) is 11.6. The van der Waals surface area contributed by atoms with Crippen molar-refractivity contribution < 1.29 is 0 Å². The number of halogens is 2. The first-order valence-corrected chi connectivity index (χ1v) is 6.99. The Morgan fingerprint density at radius 1 is 1.73 bits per heavy atom. The summed E-state index contributed by atoms with van der Waals surface area (Å²) in [5, 5.41) is 3.49. The van der Waals surface area contributed by atoms with Gasteiger partial charge in [-0.15, -0.1) is 11.3 Å². The highest BCUT2D eigenvalue weighted by atomic mass is 79.9. The zero-order valence-electron chi connectivity index (χ0n) is 8.52. The monoisotopic (exact) mass is 305 g/mol. The van der Waals surface area contributed by atoms with Crippen molar-refractivity contribution in [2.75, 3.05) is 6.54 Å². The van der Waals surface area contributed by atoms with Crippen molar-refractivity contribution >= 4 is 44.9 Å². The molecule has 0 spiro atoms. The summed E-state index contributed by atoms with van der Waals surface area (Å²) < 4.78 is 1.81. The Hall–Kier alpha value is 0.170. The standard InChI is InChI=1S/C11H13BrClNS/c1-7(6-14-8-2-3-8)4-9-5-10(12)11(13)15-9/h4-5,8,14H,2-3,6H2,1H3. The third kappa shape index (κ3) is 3.59. The van der Waals surface area contributed by atoms with E-state index in [9.17, 15) is 0 Å². The van der Waals surface area contributed by atoms with E-state index in [1.165, 1.54) is 23.3 Å². The van der Waals surface area contributed by atoms with Crippen molar-refractivity contribution in [1.82, 2.24) is 5.32 Å². The Bertz CT molecular complexity index is 362. The molecule has 0 aromatic carbocycles. The maximum atomic E-state index is 5.98. The van der Waals surface area contributed by atoms with Crippen LogP contribution in [-0.4, -0.2) is 12.6 Å². The number of rotatable bonds is 4. The average Bonchev–Trinajstić information content (AvgIpc) is 2.93. The molecular formula is C11H13BrClNS. The van der Waals surface area contributed by atoms with Crippen LogP contribution in [-0.2, 0) is 0 Å². The topological polar surface area (TPSA) is 12.0 Å². The van der Waals surface area contributed by atoms with Crippen molar-refractivity contribution in [2.24, 2.45) is 0 Å². The van der Waals surface area contributed by atoms with E-state index in [-0.39, 0.29) is 0 Å². The number of hydrogen-bond acceptors (Lipinski definition) is 2. The Balaban J connectivity index is 1.94. The van der Waals surface area contributed by atoms with E-state index in [0.717, 1.165) is 21.4 Å². The lowest BCUT2D eigenvalue weighted by Gasteiger charge is -2.01. The summed E-state index contributed by atoms with van der Waals surface area (Å²) in [7, 11) is 0. The molecule has 0 unspecified atom stereocenters. The van der Waals surface area contributed by atoms with Gasteiger partial charge in [0.05, 0.1) is 0 Å². The number of thiophene rings is 1. The van der Waals surface area contributed by atoms with Crippen molar-refractivity contribution in [3.63, 3.8) is 0 Å². The molecule has 1 aliphatic rings. The average molecular weight is 307 g/mol. The van der Waals surface area contributed by atoms with E-state index in [0.29, 0.717) is 0 Å². The van der Waals surface area contributed by atoms with E-state index >= 15 is 0 Å². The van der Waals surface area contributed by atoms with Gasteiger partial charge in [0.2, 0.25) is 0 Å². The fourth-order valence-electron chi connectivity index (χ4n) is 1.32. The van der Waals surface area contributed by atoms with Gasteiger partial charge < -0.3 is 5.32 Å². The smallest absolute Gasteiger partial charge is 0.108 e. The van der Waals surface area contributed by atoms with Crippen LogP contribution in [0, 0.1) is 0 Å². The second-order valence-corrected chi connectivity index (χ2v) is 6.46. The summed E-state index contributed by atoms with van der Waals surface area (Å²) in [4.78, 5) is 1.21. The van der Waals surface area contributed by atoms with Crippen LogP contribution in [0.5, 0.6) is 0 Å². The van der Waals surface area contributed by atoms with E-state index < -0.39 is 0 Å². The Morgan fingerprint density at radius 2 is 2.47 bits per heavy atom. The molecule has 1 nitrogen and oxygen atoms in total. The molecular weight excluding hydrogens is 294 g/mol. The molecule has 1 aliphatic carbocycles. The summed E-state index contributed by atoms with van der Waals surface area (Å²) in [5.41, 5.74) is 1.35. The van der Waals surface area contributed by atoms with Gasteiger partial charge in [-0.1, -0.05) is 17.2 Å². The normalized spacial score (nSPS) is 17.1. The molecule has 0 atom stereocenters. The van der Waals surface area contributed by atoms with Gasteiger partial charge in [0.25, 0.3) is 0 Å². The molecule has 1 fully saturated rings. The first-order chi connectivity index (χ1) is 7.15. The van der Waals surface area contributed by atoms with E-state index in [1.807, 2.05) is 0 Å². The molecule has 0 bridgehead atoms. The van der Waals surface area contributed by atoms with Gasteiger partial charge in [-0.3, -0.25) is 0 Å². The van der Waals surface area contributed by atoms with Crippen LogP contribution in [0.15, 0.2) is 16.1 Å². The minimum Gasteiger partial charge on any atom is -0.310 e. The summed E-state index contributed by atoms with van der Waals surface area (Å²) in [5.74, 6) is 0. The highest BCUT2D eigenvalue weighted by Gasteiger charge is 2.19. The molecule has 0 radical (unpaired) electrons. The van der Waals surface area contributed by atoms with Gasteiger partial charge in [0, 0.05) is 21.9 Å². The van der Waals surface area contributed by atoms with Gasteiger partial charge in [-0.25, -0.2) is 0 Å². The van der Waals surface area contributed by atoms with Crippen molar-refractivity contribution in [1.29, 1.82) is 0 Å². The van der Waals surface area contributed by atoms with E-state index in [4.69, 9.17) is 11.6 Å². The number of hydrogen-bond donors (Lipinski definition) is 1. The lowest BCUT2D eigenvalue weighted by atomic mass is 10.2. The molecule has 4 heteroatoms. The molecule has 82 valence electrons. The number of nitrogens with one attached hydrogen (secondary N) is 1. The van der Waals surface area contributed by atoms with Crippen LogP contribution in [0.25, 0.3) is 6.08 Å². The fourth-order valence-corrected chi connectivity index (χ4v) is 3.08. The first-order valence-electron chi connectivity index (χ1n) is 5.00. The molecule has 1 N–H and O–H groups in total. The largest absolute Gasteiger partial charge is 0.310 e. The highest BCUT2D eigenvalue weighted by Crippen LogP contribution is 2.33. The van der Waals surface area contributed by atoms with Crippen LogP contribution in [0.2, 0.25) is 4.34 Å². The Kier molecular flexibility index (Phi) is 3.88. The van der Waals surface area contributed by atoms with Crippen LogP contribution >= 0.6 is 38.9 Å². The van der Waals surface area contributed by atoms with Crippen LogP contribution in [0.1, 0.15) is 24.6 Å². The van der Waals surface area contributed by atoms with Crippen LogP contribution < -0.4 is 5.32 Å². The van der Waals surface area contributed by atoms with Gasteiger partial charge >= 0.3 is 0 Å². The van der Waals surface area contributed by atoms with E-state index in [1.54, 1.807) is 11.3 Å². The van der Waals surface area contributed by atoms with Crippen molar-refractivity contribution in [3.8, 4) is 0 Å². The molecule has 2 rings (SSSR count). The zero-order valence-corrected chi connectivity index (χ0v) is 11.7. The molecule has 1 aromatic rings. The predicted molar refractivity (Wildman–Crippen MR) is 71.7 cm³/mol. The molecule has 1 saturated carbocycles. The minimum absolute atomic E-state index is 0.770. The molecule has 1 aromatic heterocycles. The molecule has 1 heterocycles. The predicted octanol–water partition coefficient (Wildman–Crippen LogP) is 4.32. The van der Waals surface area contributed by atoms with Crippen molar-refractivity contribution in [3.05, 3.63) is 25.3 Å². The van der Waals surface area contributed by atoms with Crippen LogP contribution in [0.4, 0.5) is 0 Å². The summed E-state index contributed by atoms with van der Waals surface area (Å²) in [6, 6.07) is 2.83. The SMILES string of the molecule is CC(=Cc1cc(Br)c(Cl)s1)CNC1CC1. The maximum Gasteiger partial charge on any atom is 0.108 e. The molecule has 15 heavy (non-hydrogen) atoms. The fraction of sp³-hybridized carbons (Fsp3) is 0.455. The minimum atomic E-state index is 0.770. The zero-order chi connectivity index (χ0) is 10.8. The van der Waals surface area contributed by atoms with Crippen LogP contribution in [0.3, 0.4) is 0 Å². The molecule has 0 aliphatic heterocycles. The van der Waals surface area contributed by atoms with Crippen molar-refractivity contribution in [2.45, 2.75) is 25.8 Å². The lowest BCUT2D eigenvalue weighted by Crippen LogP contribution is -2.18. The summed E-state index contributed by atoms with van der Waals surface area (Å²) in [6.07, 6.45) is 4.87. The van der Waals surface area contributed by atoms with Gasteiger partial charge in [-0.2, -0.15) is 0 Å². The highest BCUT2D eigenvalue weighted by molar-refractivity contribution is 9.10. The maximum absolute atomic E-state index is 5.98. The molecule has 0 amide bonds. The molecule has 0 saturated heterocycles. The summed E-state index contributed by atoms with van der Waals surface area (Å²) in [6.45, 7) is 3.13. The van der Waals surface area contributed by atoms with Gasteiger partial charge in [-0.05, 0) is 47.8 Å². The van der Waals surface area contributed by atoms with E-state index in [2.05, 4.69) is 40.3 Å². The quantitative estimate of drug-likeness (QED) is 0.873. The third-order valence-corrected chi connectivity index (χ3v) is 4.72. The van der Waals surface area contributed by atoms with Gasteiger partial charge in [0.15, 0.2) is 0 Å². The third-order valence-electron chi connectivity index (χ3n) is 2.30. The summed E-state index contributed by atoms with van der Waals surface area (Å²) >= 11 is 11.0. The van der Waals surface area contributed by atoms with Gasteiger partial charge in [0.1, 0.15) is 4.34 Å². The lowest BCUT2D eigenvalue weighted by molar-refractivity contribution is 0.736.